The highest BCUT2D eigenvalue weighted by Crippen LogP contribution is 2.19. The maximum absolute atomic E-state index is 11.0. The fourth-order valence-electron chi connectivity index (χ4n) is 1.59. The molecule has 1 heterocycles. The van der Waals surface area contributed by atoms with Gasteiger partial charge in [-0.05, 0) is 42.3 Å². The fraction of sp³-hybridized carbons (Fsp3) is 0.429. The van der Waals surface area contributed by atoms with Gasteiger partial charge in [0, 0.05) is 5.56 Å². The number of hydrogen-bond donors (Lipinski definition) is 0. The Bertz CT molecular complexity index is 575. The molecule has 6 nitrogen and oxygen atoms in total. The SMILES string of the molecule is CC(=O)Cn1nnc(-c2ccc(OCC(C)C)cc2)n1. The lowest BCUT2D eigenvalue weighted by Crippen LogP contribution is -2.09. The van der Waals surface area contributed by atoms with Gasteiger partial charge in [-0.2, -0.15) is 4.80 Å². The molecule has 0 aliphatic carbocycles. The first-order valence-electron chi connectivity index (χ1n) is 6.55. The number of benzene rings is 1. The highest BCUT2D eigenvalue weighted by Gasteiger charge is 2.07. The predicted molar refractivity (Wildman–Crippen MR) is 74.3 cm³/mol. The van der Waals surface area contributed by atoms with E-state index in [4.69, 9.17) is 4.74 Å². The second-order valence-electron chi connectivity index (χ2n) is 5.07. The molecule has 0 saturated carbocycles. The Morgan fingerprint density at radius 1 is 1.30 bits per heavy atom. The molecule has 0 aliphatic rings. The van der Waals surface area contributed by atoms with E-state index in [1.54, 1.807) is 0 Å². The van der Waals surface area contributed by atoms with Crippen molar-refractivity contribution < 1.29 is 9.53 Å². The highest BCUT2D eigenvalue weighted by atomic mass is 16.5. The number of tetrazole rings is 1. The molecule has 1 aromatic carbocycles. The zero-order chi connectivity index (χ0) is 14.5. The van der Waals surface area contributed by atoms with Crippen molar-refractivity contribution in [3.63, 3.8) is 0 Å². The van der Waals surface area contributed by atoms with Crippen molar-refractivity contribution in [2.24, 2.45) is 5.92 Å². The molecule has 2 rings (SSSR count). The molecule has 0 saturated heterocycles. The van der Waals surface area contributed by atoms with Crippen LogP contribution in [0.1, 0.15) is 20.8 Å². The van der Waals surface area contributed by atoms with Crippen LogP contribution in [-0.4, -0.2) is 32.6 Å². The molecule has 6 heteroatoms. The van der Waals surface area contributed by atoms with Crippen molar-refractivity contribution in [1.29, 1.82) is 0 Å². The summed E-state index contributed by atoms with van der Waals surface area (Å²) >= 11 is 0. The summed E-state index contributed by atoms with van der Waals surface area (Å²) in [5, 5.41) is 11.9. The number of aromatic nitrogens is 4. The van der Waals surface area contributed by atoms with Crippen LogP contribution in [0.25, 0.3) is 11.4 Å². The summed E-state index contributed by atoms with van der Waals surface area (Å²) < 4.78 is 5.61. The monoisotopic (exact) mass is 274 g/mol. The molecule has 0 bridgehead atoms. The summed E-state index contributed by atoms with van der Waals surface area (Å²) in [7, 11) is 0. The van der Waals surface area contributed by atoms with E-state index in [1.165, 1.54) is 11.7 Å². The van der Waals surface area contributed by atoms with Crippen molar-refractivity contribution in [3.8, 4) is 17.1 Å². The van der Waals surface area contributed by atoms with Crippen molar-refractivity contribution in [2.75, 3.05) is 6.61 Å². The van der Waals surface area contributed by atoms with Gasteiger partial charge in [0.2, 0.25) is 5.82 Å². The number of carbonyl (C=O) groups excluding carboxylic acids is 1. The molecule has 106 valence electrons. The molecule has 0 unspecified atom stereocenters. The van der Waals surface area contributed by atoms with Crippen LogP contribution in [0.2, 0.25) is 0 Å². The van der Waals surface area contributed by atoms with Gasteiger partial charge >= 0.3 is 0 Å². The van der Waals surface area contributed by atoms with Gasteiger partial charge in [-0.15, -0.1) is 10.2 Å². The van der Waals surface area contributed by atoms with Gasteiger partial charge in [0.15, 0.2) is 5.78 Å². The number of ketones is 1. The van der Waals surface area contributed by atoms with E-state index in [1.807, 2.05) is 24.3 Å². The van der Waals surface area contributed by atoms with Gasteiger partial charge in [-0.1, -0.05) is 13.8 Å². The zero-order valence-electron chi connectivity index (χ0n) is 11.9. The zero-order valence-corrected chi connectivity index (χ0v) is 11.9. The van der Waals surface area contributed by atoms with Crippen LogP contribution < -0.4 is 4.74 Å². The van der Waals surface area contributed by atoms with Crippen molar-refractivity contribution in [3.05, 3.63) is 24.3 Å². The number of rotatable bonds is 6. The lowest BCUT2D eigenvalue weighted by atomic mass is 10.2. The van der Waals surface area contributed by atoms with Crippen molar-refractivity contribution in [1.82, 2.24) is 20.2 Å². The van der Waals surface area contributed by atoms with Gasteiger partial charge in [-0.25, -0.2) is 0 Å². The maximum atomic E-state index is 11.0. The summed E-state index contributed by atoms with van der Waals surface area (Å²) in [4.78, 5) is 12.3. The first-order chi connectivity index (χ1) is 9.54. The molecule has 20 heavy (non-hydrogen) atoms. The smallest absolute Gasteiger partial charge is 0.204 e. The summed E-state index contributed by atoms with van der Waals surface area (Å²) in [6.45, 7) is 6.52. The number of carbonyl (C=O) groups is 1. The average molecular weight is 274 g/mol. The Hall–Kier alpha value is -2.24. The standard InChI is InChI=1S/C14H18N4O2/c1-10(2)9-20-13-6-4-12(5-7-13)14-15-17-18(16-14)8-11(3)19/h4-7,10H,8-9H2,1-3H3. The molecule has 0 amide bonds. The van der Waals surface area contributed by atoms with E-state index in [9.17, 15) is 4.79 Å². The third-order valence-corrected chi connectivity index (χ3v) is 2.51. The molecule has 0 N–H and O–H groups in total. The number of hydrogen-bond acceptors (Lipinski definition) is 5. The molecule has 1 aromatic heterocycles. The summed E-state index contributed by atoms with van der Waals surface area (Å²) in [6.07, 6.45) is 0. The van der Waals surface area contributed by atoms with Crippen LogP contribution in [0, 0.1) is 5.92 Å². The van der Waals surface area contributed by atoms with Gasteiger partial charge in [0.05, 0.1) is 6.61 Å². The molecule has 0 spiro atoms. The minimum Gasteiger partial charge on any atom is -0.493 e. The van der Waals surface area contributed by atoms with E-state index >= 15 is 0 Å². The molecule has 0 fully saturated rings. The van der Waals surface area contributed by atoms with E-state index in [0.717, 1.165) is 11.3 Å². The maximum Gasteiger partial charge on any atom is 0.204 e. The second-order valence-corrected chi connectivity index (χ2v) is 5.07. The molecular weight excluding hydrogens is 256 g/mol. The molecule has 0 aliphatic heterocycles. The minimum absolute atomic E-state index is 0.00798. The Balaban J connectivity index is 2.05. The second kappa shape index (κ2) is 6.27. The summed E-state index contributed by atoms with van der Waals surface area (Å²) in [6, 6.07) is 7.52. The fourth-order valence-corrected chi connectivity index (χ4v) is 1.59. The third-order valence-electron chi connectivity index (χ3n) is 2.51. The van der Waals surface area contributed by atoms with Crippen LogP contribution in [0.15, 0.2) is 24.3 Å². The lowest BCUT2D eigenvalue weighted by Gasteiger charge is -2.08. The van der Waals surface area contributed by atoms with Gasteiger partial charge in [0.25, 0.3) is 0 Å². The van der Waals surface area contributed by atoms with E-state index in [0.29, 0.717) is 18.3 Å². The van der Waals surface area contributed by atoms with Crippen LogP contribution in [0.4, 0.5) is 0 Å². The number of ether oxygens (including phenoxy) is 1. The molecule has 2 aromatic rings. The Morgan fingerprint density at radius 3 is 2.60 bits per heavy atom. The van der Waals surface area contributed by atoms with Crippen LogP contribution in [-0.2, 0) is 11.3 Å². The Kier molecular flexibility index (Phi) is 4.45. The highest BCUT2D eigenvalue weighted by molar-refractivity contribution is 5.75. The summed E-state index contributed by atoms with van der Waals surface area (Å²) in [5.41, 5.74) is 0.844. The Morgan fingerprint density at radius 2 is 2.00 bits per heavy atom. The third kappa shape index (κ3) is 3.88. The molecule has 0 atom stereocenters. The van der Waals surface area contributed by atoms with E-state index < -0.39 is 0 Å². The Labute approximate surface area is 117 Å². The first-order valence-corrected chi connectivity index (χ1v) is 6.55. The van der Waals surface area contributed by atoms with Crippen molar-refractivity contribution in [2.45, 2.75) is 27.3 Å². The largest absolute Gasteiger partial charge is 0.493 e. The van der Waals surface area contributed by atoms with Gasteiger partial charge < -0.3 is 4.74 Å². The van der Waals surface area contributed by atoms with Crippen molar-refractivity contribution >= 4 is 5.78 Å². The average Bonchev–Trinajstić information content (AvgIpc) is 2.84. The predicted octanol–water partition coefficient (Wildman–Crippen LogP) is 1.96. The lowest BCUT2D eigenvalue weighted by molar-refractivity contribution is -0.117. The minimum atomic E-state index is -0.00798. The number of nitrogens with zero attached hydrogens (tertiary/aromatic N) is 4. The topological polar surface area (TPSA) is 69.9 Å². The molecule has 0 radical (unpaired) electrons. The van der Waals surface area contributed by atoms with Crippen LogP contribution in [0.3, 0.4) is 0 Å². The molecular formula is C14H18N4O2. The van der Waals surface area contributed by atoms with Gasteiger partial charge in [-0.3, -0.25) is 4.79 Å². The van der Waals surface area contributed by atoms with Gasteiger partial charge in [0.1, 0.15) is 12.3 Å². The van der Waals surface area contributed by atoms with Crippen LogP contribution in [0.5, 0.6) is 5.75 Å². The van der Waals surface area contributed by atoms with Crippen LogP contribution >= 0.6 is 0 Å². The normalized spacial score (nSPS) is 10.8. The van der Waals surface area contributed by atoms with E-state index in [-0.39, 0.29) is 12.3 Å². The van der Waals surface area contributed by atoms with E-state index in [2.05, 4.69) is 29.3 Å². The number of Topliss-reactive ketones (excluding diaryl/α,β-unsaturated/α-hetero) is 1. The quantitative estimate of drug-likeness (QED) is 0.805. The first kappa shape index (κ1) is 14.2. The summed E-state index contributed by atoms with van der Waals surface area (Å²) in [5.74, 6) is 1.80.